The maximum atomic E-state index is 13.5. The van der Waals surface area contributed by atoms with Gasteiger partial charge in [0.2, 0.25) is 0 Å². The Morgan fingerprint density at radius 3 is 2.46 bits per heavy atom. The minimum atomic E-state index is -0.247. The quantitative estimate of drug-likeness (QED) is 0.668. The molecule has 4 aliphatic carbocycles. The number of hydrogen-bond donors (Lipinski definition) is 0. The molecule has 0 aliphatic heterocycles. The molecule has 0 radical (unpaired) electrons. The monoisotopic (exact) mass is 390 g/mol. The summed E-state index contributed by atoms with van der Waals surface area (Å²) in [5.41, 5.74) is -0.245. The fraction of sp³-hybridized carbons (Fsp3) is 0.870. The van der Waals surface area contributed by atoms with Gasteiger partial charge in [-0.25, -0.2) is 0 Å². The number of carbonyl (C=O) groups is 3. The smallest absolute Gasteiger partial charge is 0.309 e. The first kappa shape index (κ1) is 19.9. The summed E-state index contributed by atoms with van der Waals surface area (Å²) in [7, 11) is 1.46. The number of ether oxygens (including phenoxy) is 2. The fourth-order valence-electron chi connectivity index (χ4n) is 7.90. The maximum Gasteiger partial charge on any atom is 0.309 e. The number of esters is 2. The molecule has 0 amide bonds. The van der Waals surface area contributed by atoms with Crippen molar-refractivity contribution in [1.29, 1.82) is 0 Å². The predicted molar refractivity (Wildman–Crippen MR) is 103 cm³/mol. The number of rotatable bonds is 2. The van der Waals surface area contributed by atoms with Crippen LogP contribution in [0.25, 0.3) is 0 Å². The summed E-state index contributed by atoms with van der Waals surface area (Å²) in [6.45, 7) is 5.95. The second-order valence-corrected chi connectivity index (χ2v) is 10.3. The van der Waals surface area contributed by atoms with E-state index in [1.807, 2.05) is 0 Å². The van der Waals surface area contributed by atoms with E-state index in [1.54, 1.807) is 0 Å². The molecule has 4 rings (SSSR count). The lowest BCUT2D eigenvalue weighted by Gasteiger charge is -2.59. The molecule has 0 aromatic rings. The van der Waals surface area contributed by atoms with Crippen LogP contribution < -0.4 is 0 Å². The number of carbonyl (C=O) groups excluding carboxylic acids is 3. The highest BCUT2D eigenvalue weighted by Crippen LogP contribution is 2.66. The Hall–Kier alpha value is -1.39. The summed E-state index contributed by atoms with van der Waals surface area (Å²) in [5.74, 6) is 1.23. The number of methoxy groups -OCH3 is 1. The zero-order valence-corrected chi connectivity index (χ0v) is 17.7. The van der Waals surface area contributed by atoms with Crippen LogP contribution >= 0.6 is 0 Å². The van der Waals surface area contributed by atoms with Gasteiger partial charge in [0.1, 0.15) is 11.9 Å². The average molecular weight is 391 g/mol. The van der Waals surface area contributed by atoms with Crippen molar-refractivity contribution >= 4 is 17.7 Å². The maximum absolute atomic E-state index is 13.5. The molecule has 5 nitrogen and oxygen atoms in total. The lowest BCUT2D eigenvalue weighted by Crippen LogP contribution is -2.58. The number of Topliss-reactive ketones (excluding diaryl/α,β-unsaturated/α-hetero) is 1. The molecule has 0 bridgehead atoms. The zero-order valence-electron chi connectivity index (χ0n) is 17.7. The van der Waals surface area contributed by atoms with Crippen LogP contribution in [-0.2, 0) is 23.9 Å². The van der Waals surface area contributed by atoms with Gasteiger partial charge in [0, 0.05) is 19.3 Å². The second kappa shape index (κ2) is 6.84. The van der Waals surface area contributed by atoms with E-state index in [1.165, 1.54) is 14.0 Å². The number of fused-ring (bicyclic) bond motifs is 5. The Morgan fingerprint density at radius 2 is 1.79 bits per heavy atom. The molecular formula is C23H34O5. The summed E-state index contributed by atoms with van der Waals surface area (Å²) in [6, 6.07) is 0. The van der Waals surface area contributed by atoms with Crippen molar-refractivity contribution in [2.24, 2.45) is 40.4 Å². The fourth-order valence-corrected chi connectivity index (χ4v) is 7.90. The highest BCUT2D eigenvalue weighted by Gasteiger charge is 2.64. The molecular weight excluding hydrogens is 356 g/mol. The predicted octanol–water partition coefficient (Wildman–Crippen LogP) is 3.93. The van der Waals surface area contributed by atoms with Crippen LogP contribution in [-0.4, -0.2) is 30.9 Å². The SMILES string of the molecule is COC(=O)[C@@H]1CC[C@@H]2[C@H]3CC[C@H]4C[C@@H](OC(C)=O)CC[C@]4(C)[C@@H]3C(=O)C[C@]21C. The van der Waals surface area contributed by atoms with E-state index in [0.717, 1.165) is 44.9 Å². The van der Waals surface area contributed by atoms with Crippen LogP contribution in [0.3, 0.4) is 0 Å². The van der Waals surface area contributed by atoms with Crippen LogP contribution in [0.1, 0.15) is 72.1 Å². The molecule has 0 saturated heterocycles. The van der Waals surface area contributed by atoms with Crippen LogP contribution in [0.4, 0.5) is 0 Å². The number of hydrogen-bond acceptors (Lipinski definition) is 5. The highest BCUT2D eigenvalue weighted by molar-refractivity contribution is 5.86. The van der Waals surface area contributed by atoms with Gasteiger partial charge in [0.15, 0.2) is 0 Å². The first-order valence-electron chi connectivity index (χ1n) is 11.0. The van der Waals surface area contributed by atoms with Crippen molar-refractivity contribution in [2.45, 2.75) is 78.2 Å². The normalized spacial score (nSPS) is 47.5. The van der Waals surface area contributed by atoms with Gasteiger partial charge >= 0.3 is 11.9 Å². The Bertz CT molecular complexity index is 686. The van der Waals surface area contributed by atoms with Crippen molar-refractivity contribution in [3.63, 3.8) is 0 Å². The molecule has 156 valence electrons. The molecule has 0 spiro atoms. The average Bonchev–Trinajstić information content (AvgIpc) is 2.97. The second-order valence-electron chi connectivity index (χ2n) is 10.3. The van der Waals surface area contributed by atoms with Crippen LogP contribution in [0, 0.1) is 40.4 Å². The third kappa shape index (κ3) is 2.83. The Balaban J connectivity index is 1.59. The van der Waals surface area contributed by atoms with E-state index in [2.05, 4.69) is 13.8 Å². The molecule has 0 N–H and O–H groups in total. The van der Waals surface area contributed by atoms with E-state index >= 15 is 0 Å². The van der Waals surface area contributed by atoms with Gasteiger partial charge in [-0.05, 0) is 73.5 Å². The van der Waals surface area contributed by atoms with Crippen molar-refractivity contribution in [3.8, 4) is 0 Å². The minimum Gasteiger partial charge on any atom is -0.469 e. The molecule has 5 heteroatoms. The summed E-state index contributed by atoms with van der Waals surface area (Å²) in [6.07, 6.45) is 7.23. The molecule has 4 fully saturated rings. The van der Waals surface area contributed by atoms with E-state index in [4.69, 9.17) is 9.47 Å². The highest BCUT2D eigenvalue weighted by atomic mass is 16.5. The van der Waals surface area contributed by atoms with Crippen molar-refractivity contribution in [1.82, 2.24) is 0 Å². The Labute approximate surface area is 167 Å². The Kier molecular flexibility index (Phi) is 4.86. The van der Waals surface area contributed by atoms with E-state index in [9.17, 15) is 14.4 Å². The van der Waals surface area contributed by atoms with E-state index in [-0.39, 0.29) is 40.7 Å². The van der Waals surface area contributed by atoms with Crippen molar-refractivity contribution in [2.75, 3.05) is 7.11 Å². The van der Waals surface area contributed by atoms with Gasteiger partial charge < -0.3 is 9.47 Å². The van der Waals surface area contributed by atoms with Gasteiger partial charge in [0.25, 0.3) is 0 Å². The van der Waals surface area contributed by atoms with Gasteiger partial charge in [0.05, 0.1) is 13.0 Å². The first-order valence-corrected chi connectivity index (χ1v) is 11.0. The third-order valence-corrected chi connectivity index (χ3v) is 9.12. The molecule has 0 unspecified atom stereocenters. The van der Waals surface area contributed by atoms with Gasteiger partial charge in [-0.3, -0.25) is 14.4 Å². The molecule has 8 atom stereocenters. The molecule has 0 aromatic carbocycles. The van der Waals surface area contributed by atoms with Gasteiger partial charge in [-0.1, -0.05) is 13.8 Å². The van der Waals surface area contributed by atoms with Crippen molar-refractivity contribution < 1.29 is 23.9 Å². The first-order chi connectivity index (χ1) is 13.2. The molecule has 0 aromatic heterocycles. The summed E-state index contributed by atoms with van der Waals surface area (Å²) in [4.78, 5) is 37.3. The van der Waals surface area contributed by atoms with Crippen molar-refractivity contribution in [3.05, 3.63) is 0 Å². The molecule has 28 heavy (non-hydrogen) atoms. The van der Waals surface area contributed by atoms with Gasteiger partial charge in [-0.15, -0.1) is 0 Å². The van der Waals surface area contributed by atoms with Crippen LogP contribution in [0.2, 0.25) is 0 Å². The molecule has 4 aliphatic rings. The third-order valence-electron chi connectivity index (χ3n) is 9.12. The minimum absolute atomic E-state index is 0.00132. The largest absolute Gasteiger partial charge is 0.469 e. The zero-order chi connectivity index (χ0) is 20.3. The lowest BCUT2D eigenvalue weighted by atomic mass is 9.44. The summed E-state index contributed by atoms with van der Waals surface area (Å²) >= 11 is 0. The summed E-state index contributed by atoms with van der Waals surface area (Å²) in [5, 5.41) is 0. The molecule has 4 saturated carbocycles. The topological polar surface area (TPSA) is 69.7 Å². The lowest BCUT2D eigenvalue weighted by molar-refractivity contribution is -0.172. The van der Waals surface area contributed by atoms with E-state index < -0.39 is 0 Å². The summed E-state index contributed by atoms with van der Waals surface area (Å²) < 4.78 is 10.6. The van der Waals surface area contributed by atoms with Crippen LogP contribution in [0.15, 0.2) is 0 Å². The Morgan fingerprint density at radius 1 is 1.04 bits per heavy atom. The van der Waals surface area contributed by atoms with Gasteiger partial charge in [-0.2, -0.15) is 0 Å². The van der Waals surface area contributed by atoms with Crippen LogP contribution in [0.5, 0.6) is 0 Å². The molecule has 0 heterocycles. The number of ketones is 1. The van der Waals surface area contributed by atoms with E-state index in [0.29, 0.717) is 30.0 Å². The standard InChI is InChI=1S/C23H34O5/c1-13(24)28-15-9-10-22(2)14(11-15)5-6-16-17-7-8-18(21(26)27-4)23(17,3)12-19(25)20(16)22/h14-18,20H,5-12H2,1-4H3/t14-,15-,16+,17+,18-,20-,22-,23+/m0/s1.